The van der Waals surface area contributed by atoms with Crippen molar-refractivity contribution in [3.63, 3.8) is 0 Å². The zero-order valence-corrected chi connectivity index (χ0v) is 10.3. The van der Waals surface area contributed by atoms with Crippen LogP contribution in [0.3, 0.4) is 0 Å². The number of hydrogen-bond donors (Lipinski definition) is 2. The Bertz CT molecular complexity index is 496. The van der Waals surface area contributed by atoms with Crippen LogP contribution in [0.25, 0.3) is 0 Å². The normalized spacial score (nSPS) is 9.94. The number of nitrogens with one attached hydrogen (secondary N) is 2. The Morgan fingerprint density at radius 3 is 2.94 bits per heavy atom. The molecule has 88 valence electrons. The van der Waals surface area contributed by atoms with Crippen LogP contribution in [-0.4, -0.2) is 17.4 Å². The van der Waals surface area contributed by atoms with Gasteiger partial charge in [-0.25, -0.2) is 4.98 Å². The number of anilines is 2. The van der Waals surface area contributed by atoms with E-state index in [4.69, 9.17) is 0 Å². The Morgan fingerprint density at radius 2 is 2.24 bits per heavy atom. The molecule has 0 spiro atoms. The van der Waals surface area contributed by atoms with Crippen molar-refractivity contribution in [3.05, 3.63) is 41.4 Å². The third kappa shape index (κ3) is 3.29. The zero-order valence-electron chi connectivity index (χ0n) is 9.43. The molecular weight excluding hydrogens is 234 g/mol. The minimum Gasteiger partial charge on any atom is -0.352 e. The molecule has 0 atom stereocenters. The van der Waals surface area contributed by atoms with Gasteiger partial charge in [0.05, 0.1) is 6.54 Å². The first-order valence-corrected chi connectivity index (χ1v) is 6.12. The van der Waals surface area contributed by atoms with Crippen molar-refractivity contribution in [3.8, 4) is 0 Å². The standard InChI is InChI=1S/C12H13N3OS/c1-9-4-2-3-5-10(9)15-11(16)8-14-12-13-6-7-17-12/h2-7H,8H2,1H3,(H,13,14)(H,15,16). The number of thiazole rings is 1. The highest BCUT2D eigenvalue weighted by Crippen LogP contribution is 2.13. The number of nitrogens with zero attached hydrogens (tertiary/aromatic N) is 1. The number of aromatic nitrogens is 1. The summed E-state index contributed by atoms with van der Waals surface area (Å²) in [5.41, 5.74) is 1.90. The highest BCUT2D eigenvalue weighted by atomic mass is 32.1. The second-order valence-electron chi connectivity index (χ2n) is 3.55. The largest absolute Gasteiger partial charge is 0.352 e. The number of aryl methyl sites for hydroxylation is 1. The quantitative estimate of drug-likeness (QED) is 0.872. The number of carbonyl (C=O) groups is 1. The minimum atomic E-state index is -0.0745. The van der Waals surface area contributed by atoms with Gasteiger partial charge in [-0.05, 0) is 18.6 Å². The van der Waals surface area contributed by atoms with E-state index in [1.807, 2.05) is 36.6 Å². The Hall–Kier alpha value is -1.88. The maximum atomic E-state index is 11.7. The van der Waals surface area contributed by atoms with Crippen molar-refractivity contribution in [1.29, 1.82) is 0 Å². The third-order valence-electron chi connectivity index (χ3n) is 2.25. The van der Waals surface area contributed by atoms with Crippen LogP contribution in [0.15, 0.2) is 35.8 Å². The summed E-state index contributed by atoms with van der Waals surface area (Å²) in [6.45, 7) is 2.19. The summed E-state index contributed by atoms with van der Waals surface area (Å²) in [5, 5.41) is 8.42. The number of para-hydroxylation sites is 1. The lowest BCUT2D eigenvalue weighted by Gasteiger charge is -2.08. The average molecular weight is 247 g/mol. The van der Waals surface area contributed by atoms with Gasteiger partial charge in [0, 0.05) is 17.3 Å². The maximum absolute atomic E-state index is 11.7. The van der Waals surface area contributed by atoms with Crippen molar-refractivity contribution in [2.24, 2.45) is 0 Å². The van der Waals surface area contributed by atoms with Gasteiger partial charge in [-0.3, -0.25) is 4.79 Å². The molecule has 4 nitrogen and oxygen atoms in total. The van der Waals surface area contributed by atoms with Crippen LogP contribution in [0.4, 0.5) is 10.8 Å². The molecular formula is C12H13N3OS. The third-order valence-corrected chi connectivity index (χ3v) is 2.98. The van der Waals surface area contributed by atoms with Crippen LogP contribution < -0.4 is 10.6 Å². The molecule has 0 aliphatic heterocycles. The van der Waals surface area contributed by atoms with Gasteiger partial charge in [0.2, 0.25) is 5.91 Å². The molecule has 1 amide bonds. The van der Waals surface area contributed by atoms with Gasteiger partial charge < -0.3 is 10.6 Å². The van der Waals surface area contributed by atoms with Crippen molar-refractivity contribution in [2.45, 2.75) is 6.92 Å². The van der Waals surface area contributed by atoms with Crippen LogP contribution >= 0.6 is 11.3 Å². The molecule has 0 radical (unpaired) electrons. The lowest BCUT2D eigenvalue weighted by atomic mass is 10.2. The molecule has 0 saturated heterocycles. The van der Waals surface area contributed by atoms with Crippen LogP contribution in [0.1, 0.15) is 5.56 Å². The molecule has 1 aromatic heterocycles. The van der Waals surface area contributed by atoms with Gasteiger partial charge in [0.15, 0.2) is 5.13 Å². The summed E-state index contributed by atoms with van der Waals surface area (Å²) in [6.07, 6.45) is 1.70. The molecule has 2 N–H and O–H groups in total. The van der Waals surface area contributed by atoms with Gasteiger partial charge in [0.25, 0.3) is 0 Å². The predicted molar refractivity (Wildman–Crippen MR) is 70.4 cm³/mol. The van der Waals surface area contributed by atoms with Crippen molar-refractivity contribution >= 4 is 28.1 Å². The average Bonchev–Trinajstić information content (AvgIpc) is 2.82. The molecule has 5 heteroatoms. The van der Waals surface area contributed by atoms with Gasteiger partial charge in [-0.1, -0.05) is 18.2 Å². The Kier molecular flexibility index (Phi) is 3.72. The van der Waals surface area contributed by atoms with E-state index >= 15 is 0 Å². The molecule has 2 rings (SSSR count). The predicted octanol–water partition coefficient (Wildman–Crippen LogP) is 2.50. The fraction of sp³-hybridized carbons (Fsp3) is 0.167. The summed E-state index contributed by atoms with van der Waals surface area (Å²) in [5.74, 6) is -0.0745. The molecule has 2 aromatic rings. The number of hydrogen-bond acceptors (Lipinski definition) is 4. The summed E-state index contributed by atoms with van der Waals surface area (Å²) in [6, 6.07) is 7.69. The number of rotatable bonds is 4. The molecule has 1 heterocycles. The van der Waals surface area contributed by atoms with Gasteiger partial charge in [-0.15, -0.1) is 11.3 Å². The number of carbonyl (C=O) groups excluding carboxylic acids is 1. The Labute approximate surface area is 104 Å². The fourth-order valence-electron chi connectivity index (χ4n) is 1.37. The first-order valence-electron chi connectivity index (χ1n) is 5.24. The molecule has 0 aliphatic carbocycles. The van der Waals surface area contributed by atoms with E-state index in [-0.39, 0.29) is 12.5 Å². The summed E-state index contributed by atoms with van der Waals surface area (Å²) < 4.78 is 0. The van der Waals surface area contributed by atoms with Crippen LogP contribution in [0.5, 0.6) is 0 Å². The molecule has 1 aromatic carbocycles. The van der Waals surface area contributed by atoms with E-state index in [1.165, 1.54) is 11.3 Å². The highest BCUT2D eigenvalue weighted by Gasteiger charge is 2.04. The van der Waals surface area contributed by atoms with E-state index < -0.39 is 0 Å². The first kappa shape index (κ1) is 11.6. The number of amides is 1. The van der Waals surface area contributed by atoms with Crippen molar-refractivity contribution in [1.82, 2.24) is 4.98 Å². The van der Waals surface area contributed by atoms with Gasteiger partial charge in [-0.2, -0.15) is 0 Å². The minimum absolute atomic E-state index is 0.0745. The highest BCUT2D eigenvalue weighted by molar-refractivity contribution is 7.13. The second kappa shape index (κ2) is 5.45. The van der Waals surface area contributed by atoms with Crippen LogP contribution in [0.2, 0.25) is 0 Å². The van der Waals surface area contributed by atoms with E-state index in [0.717, 1.165) is 16.4 Å². The monoisotopic (exact) mass is 247 g/mol. The van der Waals surface area contributed by atoms with Gasteiger partial charge in [0.1, 0.15) is 0 Å². The molecule has 0 bridgehead atoms. The topological polar surface area (TPSA) is 54.0 Å². The summed E-state index contributed by atoms with van der Waals surface area (Å²) >= 11 is 1.47. The Morgan fingerprint density at radius 1 is 1.41 bits per heavy atom. The lowest BCUT2D eigenvalue weighted by Crippen LogP contribution is -2.22. The molecule has 17 heavy (non-hydrogen) atoms. The van der Waals surface area contributed by atoms with E-state index in [2.05, 4.69) is 15.6 Å². The molecule has 0 saturated carbocycles. The fourth-order valence-corrected chi connectivity index (χ4v) is 1.90. The van der Waals surface area contributed by atoms with E-state index in [0.29, 0.717) is 0 Å². The Balaban J connectivity index is 1.87. The van der Waals surface area contributed by atoms with Crippen molar-refractivity contribution < 1.29 is 4.79 Å². The van der Waals surface area contributed by atoms with E-state index in [9.17, 15) is 4.79 Å². The summed E-state index contributed by atoms with van der Waals surface area (Å²) in [7, 11) is 0. The SMILES string of the molecule is Cc1ccccc1NC(=O)CNc1nccs1. The maximum Gasteiger partial charge on any atom is 0.243 e. The number of benzene rings is 1. The molecule has 0 fully saturated rings. The molecule has 0 unspecified atom stereocenters. The van der Waals surface area contributed by atoms with Crippen molar-refractivity contribution in [2.75, 3.05) is 17.2 Å². The molecule has 0 aliphatic rings. The second-order valence-corrected chi connectivity index (χ2v) is 4.45. The first-order chi connectivity index (χ1) is 8.25. The summed E-state index contributed by atoms with van der Waals surface area (Å²) in [4.78, 5) is 15.7. The lowest BCUT2D eigenvalue weighted by molar-refractivity contribution is -0.114. The van der Waals surface area contributed by atoms with Gasteiger partial charge >= 0.3 is 0 Å². The van der Waals surface area contributed by atoms with Crippen LogP contribution in [0, 0.1) is 6.92 Å². The smallest absolute Gasteiger partial charge is 0.243 e. The van der Waals surface area contributed by atoms with Crippen LogP contribution in [-0.2, 0) is 4.79 Å². The van der Waals surface area contributed by atoms with E-state index in [1.54, 1.807) is 6.20 Å². The zero-order chi connectivity index (χ0) is 12.1.